The molecule has 4 heteroatoms. The second-order valence-corrected chi connectivity index (χ2v) is 6.38. The van der Waals surface area contributed by atoms with Gasteiger partial charge in [0.05, 0.1) is 13.0 Å². The van der Waals surface area contributed by atoms with Crippen molar-refractivity contribution >= 4 is 16.8 Å². The van der Waals surface area contributed by atoms with Crippen molar-refractivity contribution in [1.82, 2.24) is 9.88 Å². The fourth-order valence-electron chi connectivity index (χ4n) is 2.97. The predicted octanol–water partition coefficient (Wildman–Crippen LogP) is 2.74. The molecule has 1 aromatic heterocycles. The summed E-state index contributed by atoms with van der Waals surface area (Å²) in [7, 11) is 1.98. The standard InChI is InChI=1S/C20H22N2O2/c1-20(24,16-8-4-3-5-9-16)14-21-19(23)12-15-13-22(2)18-11-7-6-10-17(15)18/h3-11,13,24H,12,14H2,1-2H3,(H,21,23). The monoisotopic (exact) mass is 322 g/mol. The summed E-state index contributed by atoms with van der Waals surface area (Å²) in [5, 5.41) is 14.5. The molecule has 2 N–H and O–H groups in total. The maximum atomic E-state index is 12.3. The van der Waals surface area contributed by atoms with Gasteiger partial charge in [-0.15, -0.1) is 0 Å². The van der Waals surface area contributed by atoms with Crippen LogP contribution in [0.15, 0.2) is 60.8 Å². The Bertz CT molecular complexity index is 850. The first-order valence-corrected chi connectivity index (χ1v) is 8.05. The van der Waals surface area contributed by atoms with Crippen LogP contribution in [-0.2, 0) is 23.9 Å². The summed E-state index contributed by atoms with van der Waals surface area (Å²) >= 11 is 0. The van der Waals surface area contributed by atoms with Gasteiger partial charge in [-0.2, -0.15) is 0 Å². The molecule has 3 rings (SSSR count). The predicted molar refractivity (Wildman–Crippen MR) is 95.6 cm³/mol. The highest BCUT2D eigenvalue weighted by Gasteiger charge is 2.23. The topological polar surface area (TPSA) is 54.3 Å². The molecule has 24 heavy (non-hydrogen) atoms. The lowest BCUT2D eigenvalue weighted by Gasteiger charge is -2.24. The van der Waals surface area contributed by atoms with Crippen molar-refractivity contribution in [2.24, 2.45) is 7.05 Å². The summed E-state index contributed by atoms with van der Waals surface area (Å²) in [4.78, 5) is 12.3. The molecule has 1 unspecified atom stereocenters. The van der Waals surface area contributed by atoms with E-state index in [0.29, 0.717) is 6.42 Å². The number of benzene rings is 2. The summed E-state index contributed by atoms with van der Waals surface area (Å²) in [6.45, 7) is 1.89. The fraction of sp³-hybridized carbons (Fsp3) is 0.250. The SMILES string of the molecule is Cn1cc(CC(=O)NCC(C)(O)c2ccccc2)c2ccccc21. The molecule has 0 aliphatic heterocycles. The summed E-state index contributed by atoms with van der Waals surface area (Å²) in [5.41, 5.74) is 1.80. The van der Waals surface area contributed by atoms with Crippen molar-refractivity contribution in [1.29, 1.82) is 0 Å². The summed E-state index contributed by atoms with van der Waals surface area (Å²) < 4.78 is 2.03. The molecule has 1 amide bonds. The quantitative estimate of drug-likeness (QED) is 0.759. The Morgan fingerprint density at radius 1 is 1.12 bits per heavy atom. The Hall–Kier alpha value is -2.59. The van der Waals surface area contributed by atoms with E-state index in [-0.39, 0.29) is 12.5 Å². The third-order valence-electron chi connectivity index (χ3n) is 4.36. The van der Waals surface area contributed by atoms with Crippen LogP contribution < -0.4 is 5.32 Å². The number of hydrogen-bond donors (Lipinski definition) is 2. The second kappa shape index (κ2) is 6.49. The number of amides is 1. The molecule has 0 aliphatic rings. The normalized spacial score (nSPS) is 13.6. The van der Waals surface area contributed by atoms with Crippen molar-refractivity contribution in [3.05, 3.63) is 71.9 Å². The highest BCUT2D eigenvalue weighted by Crippen LogP contribution is 2.21. The summed E-state index contributed by atoms with van der Waals surface area (Å²) in [6, 6.07) is 17.4. The third-order valence-corrected chi connectivity index (χ3v) is 4.36. The summed E-state index contributed by atoms with van der Waals surface area (Å²) in [6.07, 6.45) is 2.28. The van der Waals surface area contributed by atoms with Gasteiger partial charge in [0, 0.05) is 24.1 Å². The number of hydrogen-bond acceptors (Lipinski definition) is 2. The number of carbonyl (C=O) groups excluding carboxylic acids is 1. The molecule has 4 nitrogen and oxygen atoms in total. The van der Waals surface area contributed by atoms with E-state index in [9.17, 15) is 9.90 Å². The first-order valence-electron chi connectivity index (χ1n) is 8.05. The van der Waals surface area contributed by atoms with Crippen LogP contribution in [0.4, 0.5) is 0 Å². The zero-order chi connectivity index (χ0) is 17.2. The van der Waals surface area contributed by atoms with E-state index < -0.39 is 5.60 Å². The van der Waals surface area contributed by atoms with Gasteiger partial charge in [-0.05, 0) is 24.1 Å². The number of para-hydroxylation sites is 1. The first-order chi connectivity index (χ1) is 11.5. The molecular weight excluding hydrogens is 300 g/mol. The van der Waals surface area contributed by atoms with Gasteiger partial charge < -0.3 is 15.0 Å². The molecule has 0 spiro atoms. The van der Waals surface area contributed by atoms with E-state index in [1.807, 2.05) is 72.4 Å². The Morgan fingerprint density at radius 2 is 1.79 bits per heavy atom. The maximum absolute atomic E-state index is 12.3. The van der Waals surface area contributed by atoms with Crippen molar-refractivity contribution in [2.75, 3.05) is 6.54 Å². The van der Waals surface area contributed by atoms with Gasteiger partial charge >= 0.3 is 0 Å². The lowest BCUT2D eigenvalue weighted by atomic mass is 9.96. The molecule has 124 valence electrons. The van der Waals surface area contributed by atoms with Gasteiger partial charge in [-0.1, -0.05) is 48.5 Å². The lowest BCUT2D eigenvalue weighted by molar-refractivity contribution is -0.121. The van der Waals surface area contributed by atoms with Gasteiger partial charge in [0.1, 0.15) is 5.60 Å². The van der Waals surface area contributed by atoms with E-state index in [0.717, 1.165) is 22.0 Å². The van der Waals surface area contributed by atoms with Crippen molar-refractivity contribution in [3.8, 4) is 0 Å². The molecule has 1 atom stereocenters. The largest absolute Gasteiger partial charge is 0.384 e. The number of aryl methyl sites for hydroxylation is 1. The van der Waals surface area contributed by atoms with Gasteiger partial charge in [0.2, 0.25) is 5.91 Å². The van der Waals surface area contributed by atoms with Crippen LogP contribution in [0.5, 0.6) is 0 Å². The number of fused-ring (bicyclic) bond motifs is 1. The zero-order valence-electron chi connectivity index (χ0n) is 14.0. The highest BCUT2D eigenvalue weighted by atomic mass is 16.3. The van der Waals surface area contributed by atoms with Crippen molar-refractivity contribution < 1.29 is 9.90 Å². The second-order valence-electron chi connectivity index (χ2n) is 6.38. The first kappa shape index (κ1) is 16.3. The van der Waals surface area contributed by atoms with Gasteiger partial charge in [-0.25, -0.2) is 0 Å². The molecular formula is C20H22N2O2. The smallest absolute Gasteiger partial charge is 0.224 e. The van der Waals surface area contributed by atoms with Crippen LogP contribution in [0.3, 0.4) is 0 Å². The fourth-order valence-corrected chi connectivity index (χ4v) is 2.97. The van der Waals surface area contributed by atoms with Crippen LogP contribution >= 0.6 is 0 Å². The number of nitrogens with one attached hydrogen (secondary N) is 1. The van der Waals surface area contributed by atoms with Crippen LogP contribution in [0.25, 0.3) is 10.9 Å². The number of aromatic nitrogens is 1. The van der Waals surface area contributed by atoms with E-state index in [4.69, 9.17) is 0 Å². The lowest BCUT2D eigenvalue weighted by Crippen LogP contribution is -2.39. The van der Waals surface area contributed by atoms with Gasteiger partial charge in [0.15, 0.2) is 0 Å². The Labute approximate surface area is 141 Å². The van der Waals surface area contributed by atoms with E-state index in [1.165, 1.54) is 0 Å². The highest BCUT2D eigenvalue weighted by molar-refractivity contribution is 5.89. The molecule has 0 bridgehead atoms. The Balaban J connectivity index is 1.67. The van der Waals surface area contributed by atoms with Crippen LogP contribution in [0.1, 0.15) is 18.1 Å². The average molecular weight is 322 g/mol. The Morgan fingerprint density at radius 3 is 2.54 bits per heavy atom. The van der Waals surface area contributed by atoms with E-state index >= 15 is 0 Å². The van der Waals surface area contributed by atoms with Crippen LogP contribution in [0, 0.1) is 0 Å². The minimum absolute atomic E-state index is 0.0949. The molecule has 1 heterocycles. The van der Waals surface area contributed by atoms with Crippen molar-refractivity contribution in [2.45, 2.75) is 18.9 Å². The molecule has 3 aromatic rings. The maximum Gasteiger partial charge on any atom is 0.224 e. The van der Waals surface area contributed by atoms with Gasteiger partial charge in [-0.3, -0.25) is 4.79 Å². The number of carbonyl (C=O) groups is 1. The molecule has 0 saturated carbocycles. The number of aliphatic hydroxyl groups is 1. The average Bonchev–Trinajstić information content (AvgIpc) is 2.90. The minimum Gasteiger partial charge on any atom is -0.384 e. The molecule has 0 radical (unpaired) electrons. The Kier molecular flexibility index (Phi) is 4.40. The van der Waals surface area contributed by atoms with Crippen molar-refractivity contribution in [3.63, 3.8) is 0 Å². The minimum atomic E-state index is -1.09. The number of rotatable bonds is 5. The molecule has 0 aliphatic carbocycles. The third kappa shape index (κ3) is 3.34. The van der Waals surface area contributed by atoms with E-state index in [2.05, 4.69) is 5.32 Å². The van der Waals surface area contributed by atoms with Crippen LogP contribution in [-0.4, -0.2) is 22.1 Å². The van der Waals surface area contributed by atoms with E-state index in [1.54, 1.807) is 6.92 Å². The molecule has 0 fully saturated rings. The summed E-state index contributed by atoms with van der Waals surface area (Å²) in [5.74, 6) is -0.0949. The number of nitrogens with zero attached hydrogens (tertiary/aromatic N) is 1. The van der Waals surface area contributed by atoms with Crippen LogP contribution in [0.2, 0.25) is 0 Å². The molecule has 0 saturated heterocycles. The molecule has 2 aromatic carbocycles. The zero-order valence-corrected chi connectivity index (χ0v) is 14.0. The van der Waals surface area contributed by atoms with Gasteiger partial charge in [0.25, 0.3) is 0 Å².